The lowest BCUT2D eigenvalue weighted by molar-refractivity contribution is 0.291. The monoisotopic (exact) mass is 456 g/mol. The van der Waals surface area contributed by atoms with Crippen LogP contribution in [0.2, 0.25) is 0 Å². The highest BCUT2D eigenvalue weighted by Crippen LogP contribution is 2.13. The molecule has 0 bridgehead atoms. The van der Waals surface area contributed by atoms with E-state index in [4.69, 9.17) is 0 Å². The second kappa shape index (κ2) is 15.3. The van der Waals surface area contributed by atoms with Gasteiger partial charge in [-0.15, -0.1) is 0 Å². The van der Waals surface area contributed by atoms with E-state index in [1.54, 1.807) is 0 Å². The number of hydrogen-bond acceptors (Lipinski definition) is 2. The number of aryl methyl sites for hydroxylation is 2. The first-order valence-corrected chi connectivity index (χ1v) is 12.7. The molecule has 0 radical (unpaired) electrons. The van der Waals surface area contributed by atoms with E-state index >= 15 is 0 Å². The Bertz CT molecular complexity index is 869. The van der Waals surface area contributed by atoms with E-state index in [0.717, 1.165) is 38.8 Å². The maximum atomic E-state index is 3.72. The van der Waals surface area contributed by atoms with Crippen molar-refractivity contribution in [2.24, 2.45) is 0 Å². The van der Waals surface area contributed by atoms with Gasteiger partial charge in [-0.2, -0.15) is 0 Å². The summed E-state index contributed by atoms with van der Waals surface area (Å²) in [5.74, 6) is 7.43. The van der Waals surface area contributed by atoms with Crippen LogP contribution in [0.25, 0.3) is 0 Å². The lowest BCUT2D eigenvalue weighted by Crippen LogP contribution is -2.35. The third-order valence-electron chi connectivity index (χ3n) is 6.56. The fraction of sp³-hybridized carbons (Fsp3) is 0.438. The van der Waals surface area contributed by atoms with Crippen LogP contribution in [0, 0.1) is 11.8 Å². The van der Waals surface area contributed by atoms with Gasteiger partial charge in [0.05, 0.1) is 12.1 Å². The molecule has 0 amide bonds. The fourth-order valence-electron chi connectivity index (χ4n) is 4.08. The van der Waals surface area contributed by atoms with Gasteiger partial charge in [0.15, 0.2) is 0 Å². The van der Waals surface area contributed by atoms with Gasteiger partial charge in [-0.25, -0.2) is 0 Å². The summed E-state index contributed by atoms with van der Waals surface area (Å²) in [7, 11) is 4.42. The summed E-state index contributed by atoms with van der Waals surface area (Å²) < 4.78 is 0. The highest BCUT2D eigenvalue weighted by molar-refractivity contribution is 5.20. The van der Waals surface area contributed by atoms with Crippen LogP contribution in [0.4, 0.5) is 0 Å². The summed E-state index contributed by atoms with van der Waals surface area (Å²) >= 11 is 0. The average Bonchev–Trinajstić information content (AvgIpc) is 2.86. The summed E-state index contributed by atoms with van der Waals surface area (Å²) in [4.78, 5) is 4.83. The van der Waals surface area contributed by atoms with Gasteiger partial charge in [0.2, 0.25) is 0 Å². The number of allylic oxidation sites excluding steroid dienone is 2. The van der Waals surface area contributed by atoms with Crippen molar-refractivity contribution < 1.29 is 0 Å². The molecule has 2 unspecified atom stereocenters. The molecule has 0 saturated heterocycles. The Labute approximate surface area is 209 Å². The van der Waals surface area contributed by atoms with E-state index in [1.807, 2.05) is 0 Å². The minimum absolute atomic E-state index is 0.227. The van der Waals surface area contributed by atoms with E-state index in [1.165, 1.54) is 22.3 Å². The predicted molar refractivity (Wildman–Crippen MR) is 149 cm³/mol. The second-order valence-corrected chi connectivity index (χ2v) is 9.47. The zero-order valence-corrected chi connectivity index (χ0v) is 22.2. The van der Waals surface area contributed by atoms with Gasteiger partial charge < -0.3 is 0 Å². The molecule has 0 fully saturated rings. The summed E-state index contributed by atoms with van der Waals surface area (Å²) in [6.07, 6.45) is 8.56. The molecule has 0 aliphatic carbocycles. The van der Waals surface area contributed by atoms with Gasteiger partial charge in [0.1, 0.15) is 0 Å². The average molecular weight is 457 g/mol. The van der Waals surface area contributed by atoms with Crippen molar-refractivity contribution in [3.63, 3.8) is 0 Å². The SMILES string of the molecule is C/C=C(\C)CN(C)C(C#CC(CCc1ccccc1)N(C)C/C(C)=C/C)CCc1ccccc1. The molecule has 0 aliphatic rings. The second-order valence-electron chi connectivity index (χ2n) is 9.47. The molecule has 2 aromatic rings. The van der Waals surface area contributed by atoms with Crippen molar-refractivity contribution in [2.75, 3.05) is 27.2 Å². The van der Waals surface area contributed by atoms with Crippen LogP contribution < -0.4 is 0 Å². The van der Waals surface area contributed by atoms with Gasteiger partial charge >= 0.3 is 0 Å². The van der Waals surface area contributed by atoms with Gasteiger partial charge in [-0.05, 0) is 78.6 Å². The zero-order valence-electron chi connectivity index (χ0n) is 22.2. The minimum Gasteiger partial charge on any atom is -0.289 e. The van der Waals surface area contributed by atoms with Crippen molar-refractivity contribution in [1.82, 2.24) is 9.80 Å². The van der Waals surface area contributed by atoms with E-state index in [-0.39, 0.29) is 12.1 Å². The highest BCUT2D eigenvalue weighted by atomic mass is 15.1. The number of nitrogens with zero attached hydrogens (tertiary/aromatic N) is 2. The van der Waals surface area contributed by atoms with Crippen molar-refractivity contribution in [3.8, 4) is 11.8 Å². The Morgan fingerprint density at radius 3 is 1.35 bits per heavy atom. The predicted octanol–water partition coefficient (Wildman–Crippen LogP) is 6.79. The smallest absolute Gasteiger partial charge is 0.0718 e. The molecule has 0 spiro atoms. The van der Waals surface area contributed by atoms with E-state index in [2.05, 4.69) is 136 Å². The molecular weight excluding hydrogens is 412 g/mol. The third kappa shape index (κ3) is 10.1. The van der Waals surface area contributed by atoms with Gasteiger partial charge in [-0.1, -0.05) is 95.8 Å². The fourth-order valence-corrected chi connectivity index (χ4v) is 4.08. The highest BCUT2D eigenvalue weighted by Gasteiger charge is 2.16. The number of benzene rings is 2. The normalized spacial score (nSPS) is 14.1. The standard InChI is InChI=1S/C32H44N2/c1-7-27(3)25-33(5)31(21-19-29-15-11-9-12-16-29)23-24-32(34(6)26-28(4)8-2)22-20-30-17-13-10-14-18-30/h7-18,31-32H,19-22,25-26H2,1-6H3/b27-7+,28-8+. The van der Waals surface area contributed by atoms with Gasteiger partial charge in [-0.3, -0.25) is 9.80 Å². The lowest BCUT2D eigenvalue weighted by Gasteiger charge is -2.27. The van der Waals surface area contributed by atoms with E-state index in [9.17, 15) is 0 Å². The topological polar surface area (TPSA) is 6.48 Å². The molecule has 0 aromatic heterocycles. The third-order valence-corrected chi connectivity index (χ3v) is 6.56. The Kier molecular flexibility index (Phi) is 12.5. The van der Waals surface area contributed by atoms with Crippen molar-refractivity contribution in [1.29, 1.82) is 0 Å². The van der Waals surface area contributed by atoms with Crippen LogP contribution in [0.3, 0.4) is 0 Å². The molecule has 2 nitrogen and oxygen atoms in total. The molecule has 2 aromatic carbocycles. The van der Waals surface area contributed by atoms with Gasteiger partial charge in [0.25, 0.3) is 0 Å². The Hall–Kier alpha value is -2.60. The first kappa shape index (κ1) is 27.6. The number of hydrogen-bond donors (Lipinski definition) is 0. The molecule has 2 rings (SSSR count). The van der Waals surface area contributed by atoms with E-state index in [0.29, 0.717) is 0 Å². The molecule has 2 heteroatoms. The molecule has 182 valence electrons. The molecule has 0 aliphatic heterocycles. The van der Waals surface area contributed by atoms with Crippen LogP contribution in [0.5, 0.6) is 0 Å². The van der Waals surface area contributed by atoms with E-state index < -0.39 is 0 Å². The lowest BCUT2D eigenvalue weighted by atomic mass is 10.0. The summed E-state index contributed by atoms with van der Waals surface area (Å²) in [6, 6.07) is 22.0. The van der Waals surface area contributed by atoms with Crippen LogP contribution in [0.15, 0.2) is 84.0 Å². The maximum Gasteiger partial charge on any atom is 0.0718 e. The van der Waals surface area contributed by atoms with Crippen LogP contribution in [-0.2, 0) is 12.8 Å². The quantitative estimate of drug-likeness (QED) is 0.256. The maximum absolute atomic E-state index is 3.72. The summed E-state index contributed by atoms with van der Waals surface area (Å²) in [5, 5.41) is 0. The first-order chi connectivity index (χ1) is 16.4. The van der Waals surface area contributed by atoms with Crippen LogP contribution in [-0.4, -0.2) is 49.1 Å². The molecule has 2 atom stereocenters. The van der Waals surface area contributed by atoms with Crippen LogP contribution in [0.1, 0.15) is 51.7 Å². The molecule has 0 heterocycles. The molecule has 34 heavy (non-hydrogen) atoms. The Morgan fingerprint density at radius 2 is 1.03 bits per heavy atom. The number of rotatable bonds is 12. The molecular formula is C32H44N2. The van der Waals surface area contributed by atoms with Crippen molar-refractivity contribution in [2.45, 2.75) is 65.5 Å². The molecule has 0 saturated carbocycles. The van der Waals surface area contributed by atoms with Crippen molar-refractivity contribution >= 4 is 0 Å². The summed E-state index contributed by atoms with van der Waals surface area (Å²) in [6.45, 7) is 10.5. The van der Waals surface area contributed by atoms with Crippen molar-refractivity contribution in [3.05, 3.63) is 95.1 Å². The van der Waals surface area contributed by atoms with Gasteiger partial charge in [0, 0.05) is 13.1 Å². The minimum atomic E-state index is 0.227. The molecule has 0 N–H and O–H groups in total. The Morgan fingerprint density at radius 1 is 0.676 bits per heavy atom. The summed E-state index contributed by atoms with van der Waals surface area (Å²) in [5.41, 5.74) is 5.53. The van der Waals surface area contributed by atoms with Crippen LogP contribution >= 0.6 is 0 Å². The largest absolute Gasteiger partial charge is 0.289 e. The first-order valence-electron chi connectivity index (χ1n) is 12.7. The zero-order chi connectivity index (χ0) is 24.8. The number of likely N-dealkylation sites (N-methyl/N-ethyl adjacent to an activating group) is 2. The Balaban J connectivity index is 2.22.